The molecule has 1 saturated heterocycles. The van der Waals surface area contributed by atoms with Crippen molar-refractivity contribution in [1.82, 2.24) is 9.88 Å². The van der Waals surface area contributed by atoms with Crippen molar-refractivity contribution in [1.29, 1.82) is 0 Å². The predicted octanol–water partition coefficient (Wildman–Crippen LogP) is 1.00. The third kappa shape index (κ3) is 2.53. The van der Waals surface area contributed by atoms with E-state index in [1.165, 1.54) is 24.9 Å². The van der Waals surface area contributed by atoms with E-state index in [4.69, 9.17) is 5.73 Å². The van der Waals surface area contributed by atoms with Gasteiger partial charge in [0.2, 0.25) is 0 Å². The predicted molar refractivity (Wildman–Crippen MR) is 56.7 cm³/mol. The number of pyridine rings is 1. The van der Waals surface area contributed by atoms with Crippen molar-refractivity contribution in [3.63, 3.8) is 0 Å². The molecule has 0 saturated carbocycles. The first-order valence-corrected chi connectivity index (χ1v) is 5.21. The fourth-order valence-corrected chi connectivity index (χ4v) is 1.98. The smallest absolute Gasteiger partial charge is 0.0312 e. The van der Waals surface area contributed by atoms with Crippen LogP contribution in [-0.2, 0) is 6.54 Å². The van der Waals surface area contributed by atoms with Gasteiger partial charge in [0.05, 0.1) is 0 Å². The summed E-state index contributed by atoms with van der Waals surface area (Å²) in [6.07, 6.45) is 6.14. The molecule has 1 atom stereocenters. The highest BCUT2D eigenvalue weighted by Gasteiger charge is 2.16. The second kappa shape index (κ2) is 4.53. The van der Waals surface area contributed by atoms with E-state index in [2.05, 4.69) is 16.0 Å². The molecule has 3 nitrogen and oxygen atoms in total. The summed E-state index contributed by atoms with van der Waals surface area (Å²) < 4.78 is 0. The van der Waals surface area contributed by atoms with E-state index < -0.39 is 0 Å². The van der Waals surface area contributed by atoms with Gasteiger partial charge in [0.1, 0.15) is 0 Å². The largest absolute Gasteiger partial charge is 0.327 e. The number of likely N-dealkylation sites (tertiary alicyclic amines) is 1. The van der Waals surface area contributed by atoms with Crippen molar-refractivity contribution in [3.8, 4) is 0 Å². The average molecular weight is 191 g/mol. The van der Waals surface area contributed by atoms with E-state index >= 15 is 0 Å². The number of piperidine rings is 1. The monoisotopic (exact) mass is 191 g/mol. The molecule has 0 spiro atoms. The van der Waals surface area contributed by atoms with Gasteiger partial charge < -0.3 is 5.73 Å². The fraction of sp³-hybridized carbons (Fsp3) is 0.545. The van der Waals surface area contributed by atoms with Gasteiger partial charge >= 0.3 is 0 Å². The number of nitrogens with zero attached hydrogens (tertiary/aromatic N) is 2. The van der Waals surface area contributed by atoms with E-state index in [0.29, 0.717) is 6.04 Å². The van der Waals surface area contributed by atoms with Crippen LogP contribution in [0.1, 0.15) is 18.4 Å². The van der Waals surface area contributed by atoms with Gasteiger partial charge in [-0.2, -0.15) is 0 Å². The van der Waals surface area contributed by atoms with Crippen molar-refractivity contribution in [2.24, 2.45) is 5.73 Å². The zero-order valence-electron chi connectivity index (χ0n) is 8.39. The summed E-state index contributed by atoms with van der Waals surface area (Å²) in [7, 11) is 0. The van der Waals surface area contributed by atoms with Crippen LogP contribution in [0.25, 0.3) is 0 Å². The maximum Gasteiger partial charge on any atom is 0.0312 e. The van der Waals surface area contributed by atoms with Crippen LogP contribution in [0, 0.1) is 0 Å². The van der Waals surface area contributed by atoms with Crippen molar-refractivity contribution in [2.45, 2.75) is 25.4 Å². The van der Waals surface area contributed by atoms with Gasteiger partial charge in [0.25, 0.3) is 0 Å². The lowest BCUT2D eigenvalue weighted by molar-refractivity contribution is 0.201. The van der Waals surface area contributed by atoms with Crippen molar-refractivity contribution < 1.29 is 0 Å². The molecule has 1 aromatic rings. The highest BCUT2D eigenvalue weighted by atomic mass is 15.1. The molecule has 14 heavy (non-hydrogen) atoms. The second-order valence-electron chi connectivity index (χ2n) is 4.00. The van der Waals surface area contributed by atoms with Crippen LogP contribution in [0.3, 0.4) is 0 Å². The van der Waals surface area contributed by atoms with Crippen LogP contribution in [0.5, 0.6) is 0 Å². The number of hydrogen-bond donors (Lipinski definition) is 1. The second-order valence-corrected chi connectivity index (χ2v) is 4.00. The van der Waals surface area contributed by atoms with E-state index in [9.17, 15) is 0 Å². The van der Waals surface area contributed by atoms with E-state index in [0.717, 1.165) is 13.1 Å². The summed E-state index contributed by atoms with van der Waals surface area (Å²) in [5, 5.41) is 0. The van der Waals surface area contributed by atoms with Gasteiger partial charge in [-0.3, -0.25) is 9.88 Å². The van der Waals surface area contributed by atoms with Gasteiger partial charge in [0.15, 0.2) is 0 Å². The Labute approximate surface area is 84.9 Å². The van der Waals surface area contributed by atoms with E-state index in [-0.39, 0.29) is 0 Å². The van der Waals surface area contributed by atoms with Gasteiger partial charge in [-0.15, -0.1) is 0 Å². The Bertz CT molecular complexity index is 273. The Hall–Kier alpha value is -0.930. The van der Waals surface area contributed by atoms with E-state index in [1.807, 2.05) is 18.5 Å². The summed E-state index contributed by atoms with van der Waals surface area (Å²) in [5.41, 5.74) is 7.20. The molecule has 1 fully saturated rings. The molecule has 0 radical (unpaired) electrons. The zero-order valence-corrected chi connectivity index (χ0v) is 8.39. The summed E-state index contributed by atoms with van der Waals surface area (Å²) in [6, 6.07) is 4.47. The fourth-order valence-electron chi connectivity index (χ4n) is 1.98. The van der Waals surface area contributed by atoms with Gasteiger partial charge in [-0.05, 0) is 31.0 Å². The van der Waals surface area contributed by atoms with Crippen LogP contribution in [0.2, 0.25) is 0 Å². The lowest BCUT2D eigenvalue weighted by Crippen LogP contribution is -2.42. The van der Waals surface area contributed by atoms with Crippen LogP contribution < -0.4 is 5.73 Å². The van der Waals surface area contributed by atoms with Crippen LogP contribution >= 0.6 is 0 Å². The van der Waals surface area contributed by atoms with Crippen LogP contribution in [0.4, 0.5) is 0 Å². The number of aromatic nitrogens is 1. The molecule has 1 aliphatic heterocycles. The molecule has 0 amide bonds. The van der Waals surface area contributed by atoms with Crippen molar-refractivity contribution in [2.75, 3.05) is 13.1 Å². The van der Waals surface area contributed by atoms with Crippen LogP contribution in [-0.4, -0.2) is 29.0 Å². The molecule has 2 rings (SSSR count). The average Bonchev–Trinajstić information content (AvgIpc) is 2.19. The molecule has 3 heteroatoms. The molecule has 0 bridgehead atoms. The minimum Gasteiger partial charge on any atom is -0.327 e. The molecular weight excluding hydrogens is 174 g/mol. The maximum atomic E-state index is 5.92. The quantitative estimate of drug-likeness (QED) is 0.758. The third-order valence-corrected chi connectivity index (χ3v) is 2.67. The minimum absolute atomic E-state index is 0.362. The Morgan fingerprint density at radius 1 is 1.57 bits per heavy atom. The molecule has 1 aliphatic rings. The third-order valence-electron chi connectivity index (χ3n) is 2.67. The molecule has 0 aromatic carbocycles. The topological polar surface area (TPSA) is 42.1 Å². The lowest BCUT2D eigenvalue weighted by atomic mass is 10.1. The molecule has 2 N–H and O–H groups in total. The number of nitrogens with two attached hydrogens (primary N) is 1. The van der Waals surface area contributed by atoms with Crippen molar-refractivity contribution in [3.05, 3.63) is 30.1 Å². The zero-order chi connectivity index (χ0) is 9.80. The Balaban J connectivity index is 1.91. The first-order chi connectivity index (χ1) is 6.84. The van der Waals surface area contributed by atoms with E-state index in [1.54, 1.807) is 0 Å². The van der Waals surface area contributed by atoms with Gasteiger partial charge in [-0.25, -0.2) is 0 Å². The SMILES string of the molecule is N[C@@H]1CCCN(Cc2cccnc2)C1. The Morgan fingerprint density at radius 3 is 3.21 bits per heavy atom. The highest BCUT2D eigenvalue weighted by molar-refractivity contribution is 5.08. The summed E-state index contributed by atoms with van der Waals surface area (Å²) in [6.45, 7) is 3.18. The number of hydrogen-bond acceptors (Lipinski definition) is 3. The van der Waals surface area contributed by atoms with Crippen molar-refractivity contribution >= 4 is 0 Å². The number of rotatable bonds is 2. The Morgan fingerprint density at radius 2 is 2.50 bits per heavy atom. The maximum absolute atomic E-state index is 5.92. The molecule has 2 heterocycles. The van der Waals surface area contributed by atoms with Gasteiger partial charge in [0, 0.05) is 31.5 Å². The minimum atomic E-state index is 0.362. The first-order valence-electron chi connectivity index (χ1n) is 5.21. The van der Waals surface area contributed by atoms with Gasteiger partial charge in [-0.1, -0.05) is 6.07 Å². The molecule has 0 aliphatic carbocycles. The standard InChI is InChI=1S/C11H17N3/c12-11-4-2-6-14(9-11)8-10-3-1-5-13-7-10/h1,3,5,7,11H,2,4,6,8-9,12H2/t11-/m1/s1. The Kier molecular flexibility index (Phi) is 3.11. The summed E-state index contributed by atoms with van der Waals surface area (Å²) in [5.74, 6) is 0. The molecular formula is C11H17N3. The molecule has 0 unspecified atom stereocenters. The summed E-state index contributed by atoms with van der Waals surface area (Å²) >= 11 is 0. The highest BCUT2D eigenvalue weighted by Crippen LogP contribution is 2.11. The lowest BCUT2D eigenvalue weighted by Gasteiger charge is -2.30. The molecule has 1 aromatic heterocycles. The summed E-state index contributed by atoms with van der Waals surface area (Å²) in [4.78, 5) is 6.52. The molecule has 76 valence electrons. The normalized spacial score (nSPS) is 23.6. The first kappa shape index (κ1) is 9.62. The van der Waals surface area contributed by atoms with Crippen LogP contribution in [0.15, 0.2) is 24.5 Å².